The number of aliphatic hydroxyl groups is 1. The van der Waals surface area contributed by atoms with Gasteiger partial charge in [-0.15, -0.1) is 0 Å². The lowest BCUT2D eigenvalue weighted by Gasteiger charge is -2.17. The van der Waals surface area contributed by atoms with Gasteiger partial charge in [0, 0.05) is 18.5 Å². The van der Waals surface area contributed by atoms with Gasteiger partial charge in [0.1, 0.15) is 0 Å². The van der Waals surface area contributed by atoms with E-state index in [-0.39, 0.29) is 12.4 Å². The van der Waals surface area contributed by atoms with E-state index in [4.69, 9.17) is 5.11 Å². The second-order valence-electron chi connectivity index (χ2n) is 4.52. The Morgan fingerprint density at radius 2 is 2.21 bits per heavy atom. The van der Waals surface area contributed by atoms with E-state index in [1.165, 1.54) is 4.31 Å². The van der Waals surface area contributed by atoms with Gasteiger partial charge in [-0.25, -0.2) is 8.42 Å². The maximum absolute atomic E-state index is 11.8. The zero-order valence-corrected chi connectivity index (χ0v) is 11.7. The summed E-state index contributed by atoms with van der Waals surface area (Å²) in [5, 5.41) is 8.68. The third kappa shape index (κ3) is 3.09. The van der Waals surface area contributed by atoms with Crippen molar-refractivity contribution in [2.24, 2.45) is 0 Å². The van der Waals surface area contributed by atoms with E-state index in [0.717, 1.165) is 11.1 Å². The minimum Gasteiger partial charge on any atom is -0.395 e. The third-order valence-corrected chi connectivity index (χ3v) is 4.93. The van der Waals surface area contributed by atoms with Gasteiger partial charge >= 0.3 is 0 Å². The normalized spacial score (nSPS) is 17.1. The maximum Gasteiger partial charge on any atom is 0.235 e. The Labute approximate surface area is 114 Å². The molecule has 0 amide bonds. The largest absolute Gasteiger partial charge is 0.395 e. The molecule has 102 valence electrons. The summed E-state index contributed by atoms with van der Waals surface area (Å²) in [6.45, 7) is 2.52. The molecule has 1 aliphatic rings. The van der Waals surface area contributed by atoms with E-state index in [2.05, 4.69) is 11.8 Å². The zero-order valence-electron chi connectivity index (χ0n) is 10.9. The van der Waals surface area contributed by atoms with E-state index in [9.17, 15) is 8.42 Å². The van der Waals surface area contributed by atoms with Crippen molar-refractivity contribution < 1.29 is 13.5 Å². The predicted octanol–water partition coefficient (Wildman–Crippen LogP) is 1.27. The number of anilines is 1. The Morgan fingerprint density at radius 3 is 2.79 bits per heavy atom. The fraction of sp³-hybridized carbons (Fsp3) is 0.429. The van der Waals surface area contributed by atoms with Crippen LogP contribution in [-0.4, -0.2) is 32.4 Å². The molecule has 0 saturated carbocycles. The highest BCUT2D eigenvalue weighted by atomic mass is 32.2. The molecule has 5 heteroatoms. The van der Waals surface area contributed by atoms with Gasteiger partial charge in [-0.1, -0.05) is 11.8 Å². The van der Waals surface area contributed by atoms with E-state index in [0.29, 0.717) is 25.1 Å². The van der Waals surface area contributed by atoms with E-state index < -0.39 is 10.0 Å². The average molecular weight is 279 g/mol. The first-order valence-corrected chi connectivity index (χ1v) is 7.86. The van der Waals surface area contributed by atoms with Crippen molar-refractivity contribution in [2.75, 3.05) is 23.2 Å². The molecule has 1 saturated heterocycles. The van der Waals surface area contributed by atoms with Crippen molar-refractivity contribution in [3.05, 3.63) is 29.3 Å². The summed E-state index contributed by atoms with van der Waals surface area (Å²) in [5.74, 6) is 6.07. The fourth-order valence-corrected chi connectivity index (χ4v) is 3.64. The number of aryl methyl sites for hydroxylation is 1. The highest BCUT2D eigenvalue weighted by molar-refractivity contribution is 7.93. The summed E-state index contributed by atoms with van der Waals surface area (Å²) in [7, 11) is -3.13. The minimum absolute atomic E-state index is 0.0517. The van der Waals surface area contributed by atoms with Crippen molar-refractivity contribution in [2.45, 2.75) is 19.8 Å². The van der Waals surface area contributed by atoms with E-state index in [1.54, 1.807) is 6.07 Å². The number of rotatable bonds is 2. The van der Waals surface area contributed by atoms with Crippen LogP contribution in [0.4, 0.5) is 5.69 Å². The van der Waals surface area contributed by atoms with Crippen molar-refractivity contribution in [1.82, 2.24) is 0 Å². The number of benzene rings is 1. The highest BCUT2D eigenvalue weighted by Gasteiger charge is 2.28. The molecule has 0 atom stereocenters. The molecule has 0 spiro atoms. The van der Waals surface area contributed by atoms with Crippen LogP contribution in [0.3, 0.4) is 0 Å². The molecule has 0 bridgehead atoms. The molecule has 4 nitrogen and oxygen atoms in total. The van der Waals surface area contributed by atoms with Crippen LogP contribution in [0.1, 0.15) is 24.0 Å². The first-order valence-electron chi connectivity index (χ1n) is 6.25. The lowest BCUT2D eigenvalue weighted by Crippen LogP contribution is -2.25. The summed E-state index contributed by atoms with van der Waals surface area (Å²) in [4.78, 5) is 0. The molecule has 2 rings (SSSR count). The van der Waals surface area contributed by atoms with Gasteiger partial charge in [0.2, 0.25) is 10.0 Å². The van der Waals surface area contributed by atoms with Crippen LogP contribution in [0.2, 0.25) is 0 Å². The molecule has 1 aromatic carbocycles. The summed E-state index contributed by atoms with van der Waals surface area (Å²) in [6.07, 6.45) is 1.13. The van der Waals surface area contributed by atoms with Crippen molar-refractivity contribution in [3.63, 3.8) is 0 Å². The Balaban J connectivity index is 2.27. The van der Waals surface area contributed by atoms with Crippen molar-refractivity contribution in [1.29, 1.82) is 0 Å². The van der Waals surface area contributed by atoms with Gasteiger partial charge in [-0.2, -0.15) is 0 Å². The molecule has 1 aromatic rings. The Kier molecular flexibility index (Phi) is 4.13. The van der Waals surface area contributed by atoms with Crippen LogP contribution in [0, 0.1) is 18.8 Å². The SMILES string of the molecule is Cc1cc(N2CCCS2(=O)=O)ccc1C#CCCO. The predicted molar refractivity (Wildman–Crippen MR) is 75.5 cm³/mol. The number of aliphatic hydroxyl groups excluding tert-OH is 1. The smallest absolute Gasteiger partial charge is 0.235 e. The minimum atomic E-state index is -3.13. The van der Waals surface area contributed by atoms with Crippen LogP contribution in [0.5, 0.6) is 0 Å². The van der Waals surface area contributed by atoms with Crippen LogP contribution >= 0.6 is 0 Å². The Morgan fingerprint density at radius 1 is 1.42 bits per heavy atom. The molecule has 19 heavy (non-hydrogen) atoms. The van der Waals surface area contributed by atoms with Crippen molar-refractivity contribution >= 4 is 15.7 Å². The van der Waals surface area contributed by atoms with E-state index in [1.807, 2.05) is 19.1 Å². The van der Waals surface area contributed by atoms with Crippen LogP contribution in [0.15, 0.2) is 18.2 Å². The topological polar surface area (TPSA) is 57.6 Å². The summed E-state index contributed by atoms with van der Waals surface area (Å²) >= 11 is 0. The van der Waals surface area contributed by atoms with Crippen LogP contribution in [-0.2, 0) is 10.0 Å². The molecule has 1 heterocycles. The lowest BCUT2D eigenvalue weighted by molar-refractivity contribution is 0.305. The number of hydrogen-bond acceptors (Lipinski definition) is 3. The molecular formula is C14H17NO3S. The van der Waals surface area contributed by atoms with E-state index >= 15 is 0 Å². The summed E-state index contributed by atoms with van der Waals surface area (Å²) in [5.41, 5.74) is 2.53. The summed E-state index contributed by atoms with van der Waals surface area (Å²) < 4.78 is 25.1. The average Bonchev–Trinajstić information content (AvgIpc) is 2.71. The Hall–Kier alpha value is -1.51. The van der Waals surface area contributed by atoms with Gasteiger partial charge in [-0.3, -0.25) is 4.31 Å². The van der Waals surface area contributed by atoms with Gasteiger partial charge in [0.25, 0.3) is 0 Å². The van der Waals surface area contributed by atoms with Crippen LogP contribution < -0.4 is 4.31 Å². The number of hydrogen-bond donors (Lipinski definition) is 1. The van der Waals surface area contributed by atoms with Gasteiger partial charge in [-0.05, 0) is 37.1 Å². The van der Waals surface area contributed by atoms with Gasteiger partial charge in [0.15, 0.2) is 0 Å². The second-order valence-corrected chi connectivity index (χ2v) is 6.53. The highest BCUT2D eigenvalue weighted by Crippen LogP contribution is 2.25. The quantitative estimate of drug-likeness (QED) is 0.829. The molecule has 1 fully saturated rings. The van der Waals surface area contributed by atoms with Crippen LogP contribution in [0.25, 0.3) is 0 Å². The molecule has 0 radical (unpaired) electrons. The first kappa shape index (κ1) is 13.9. The third-order valence-electron chi connectivity index (χ3n) is 3.06. The monoisotopic (exact) mass is 279 g/mol. The molecule has 0 unspecified atom stereocenters. The maximum atomic E-state index is 11.8. The van der Waals surface area contributed by atoms with Gasteiger partial charge < -0.3 is 5.11 Å². The molecule has 0 aliphatic carbocycles. The molecule has 1 N–H and O–H groups in total. The zero-order chi connectivity index (χ0) is 13.9. The lowest BCUT2D eigenvalue weighted by atomic mass is 10.1. The fourth-order valence-electron chi connectivity index (χ4n) is 2.09. The number of nitrogens with zero attached hydrogens (tertiary/aromatic N) is 1. The second kappa shape index (κ2) is 5.64. The Bertz CT molecular complexity index is 626. The molecular weight excluding hydrogens is 262 g/mol. The van der Waals surface area contributed by atoms with Crippen molar-refractivity contribution in [3.8, 4) is 11.8 Å². The molecule has 1 aliphatic heterocycles. The molecule has 0 aromatic heterocycles. The summed E-state index contributed by atoms with van der Waals surface area (Å²) in [6, 6.07) is 5.48. The standard InChI is InChI=1S/C14H17NO3S/c1-12-11-14(15-8-4-10-19(15,17)18)7-6-13(12)5-2-3-9-16/h6-7,11,16H,3-4,8-10H2,1H3. The first-order chi connectivity index (χ1) is 9.04. The number of sulfonamides is 1. The van der Waals surface area contributed by atoms with Gasteiger partial charge in [0.05, 0.1) is 18.0 Å².